The third-order valence-corrected chi connectivity index (χ3v) is 5.59. The third-order valence-electron chi connectivity index (χ3n) is 5.59. The number of hydrogen-bond acceptors (Lipinski definition) is 2. The Morgan fingerprint density at radius 1 is 1.20 bits per heavy atom. The van der Waals surface area contributed by atoms with Crippen LogP contribution in [0.2, 0.25) is 0 Å². The molecule has 1 unspecified atom stereocenters. The van der Waals surface area contributed by atoms with Gasteiger partial charge in [-0.05, 0) is 56.6 Å². The Bertz CT molecular complexity index is 448. The van der Waals surface area contributed by atoms with Crippen molar-refractivity contribution in [3.8, 4) is 0 Å². The Labute approximate surface area is 122 Å². The van der Waals surface area contributed by atoms with Gasteiger partial charge in [-0.25, -0.2) is 0 Å². The summed E-state index contributed by atoms with van der Waals surface area (Å²) in [5, 5.41) is 3.62. The second-order valence-electron chi connectivity index (χ2n) is 6.72. The van der Waals surface area contributed by atoms with Crippen LogP contribution in [0.5, 0.6) is 0 Å². The minimum absolute atomic E-state index is 0.494. The lowest BCUT2D eigenvalue weighted by molar-refractivity contribution is 0.00443. The third kappa shape index (κ3) is 2.64. The van der Waals surface area contributed by atoms with Crippen molar-refractivity contribution in [3.05, 3.63) is 35.4 Å². The predicted molar refractivity (Wildman–Crippen MR) is 83.1 cm³/mol. The molecule has 1 saturated carbocycles. The molecule has 110 valence electrons. The zero-order valence-electron chi connectivity index (χ0n) is 12.8. The van der Waals surface area contributed by atoms with Crippen LogP contribution in [0.3, 0.4) is 0 Å². The van der Waals surface area contributed by atoms with E-state index in [1.54, 1.807) is 0 Å². The SMILES string of the molecule is COC1CCC2(CCNCC2c2cccc(C)c2)CC1. The topological polar surface area (TPSA) is 21.3 Å². The van der Waals surface area contributed by atoms with Crippen molar-refractivity contribution in [1.82, 2.24) is 5.32 Å². The summed E-state index contributed by atoms with van der Waals surface area (Å²) in [6.45, 7) is 4.52. The van der Waals surface area contributed by atoms with Crippen LogP contribution in [-0.4, -0.2) is 26.3 Å². The van der Waals surface area contributed by atoms with Gasteiger partial charge in [-0.15, -0.1) is 0 Å². The van der Waals surface area contributed by atoms with Crippen molar-refractivity contribution < 1.29 is 4.74 Å². The van der Waals surface area contributed by atoms with E-state index in [1.807, 2.05) is 7.11 Å². The Morgan fingerprint density at radius 3 is 2.70 bits per heavy atom. The van der Waals surface area contributed by atoms with Gasteiger partial charge in [-0.3, -0.25) is 0 Å². The largest absolute Gasteiger partial charge is 0.381 e. The quantitative estimate of drug-likeness (QED) is 0.888. The first-order valence-corrected chi connectivity index (χ1v) is 8.04. The van der Waals surface area contributed by atoms with Crippen molar-refractivity contribution in [2.45, 2.75) is 51.0 Å². The monoisotopic (exact) mass is 273 g/mol. The fourth-order valence-corrected chi connectivity index (χ4v) is 4.33. The van der Waals surface area contributed by atoms with Crippen molar-refractivity contribution in [3.63, 3.8) is 0 Å². The average molecular weight is 273 g/mol. The highest BCUT2D eigenvalue weighted by molar-refractivity contribution is 5.28. The molecule has 0 amide bonds. The lowest BCUT2D eigenvalue weighted by atomic mass is 9.60. The number of methoxy groups -OCH3 is 1. The van der Waals surface area contributed by atoms with Crippen molar-refractivity contribution >= 4 is 0 Å². The Morgan fingerprint density at radius 2 is 2.00 bits per heavy atom. The maximum atomic E-state index is 5.57. The van der Waals surface area contributed by atoms with Gasteiger partial charge in [0.15, 0.2) is 0 Å². The molecule has 1 aromatic rings. The first-order chi connectivity index (χ1) is 9.73. The minimum Gasteiger partial charge on any atom is -0.381 e. The molecule has 2 nitrogen and oxygen atoms in total. The molecule has 1 heterocycles. The van der Waals surface area contributed by atoms with Crippen LogP contribution in [-0.2, 0) is 4.74 Å². The molecule has 3 rings (SSSR count). The molecule has 0 radical (unpaired) electrons. The summed E-state index contributed by atoms with van der Waals surface area (Å²) >= 11 is 0. The summed E-state index contributed by atoms with van der Waals surface area (Å²) in [5.74, 6) is 0.675. The highest BCUT2D eigenvalue weighted by atomic mass is 16.5. The smallest absolute Gasteiger partial charge is 0.0571 e. The van der Waals surface area contributed by atoms with Gasteiger partial charge in [0.25, 0.3) is 0 Å². The second kappa shape index (κ2) is 5.87. The molecule has 0 bridgehead atoms. The number of hydrogen-bond donors (Lipinski definition) is 1. The maximum absolute atomic E-state index is 5.57. The van der Waals surface area contributed by atoms with Gasteiger partial charge >= 0.3 is 0 Å². The number of nitrogens with one attached hydrogen (secondary N) is 1. The van der Waals surface area contributed by atoms with Crippen LogP contribution in [0, 0.1) is 12.3 Å². The van der Waals surface area contributed by atoms with Gasteiger partial charge in [0.1, 0.15) is 0 Å². The number of piperidine rings is 1. The molecule has 1 spiro atoms. The highest BCUT2D eigenvalue weighted by Gasteiger charge is 2.43. The van der Waals surface area contributed by atoms with Crippen molar-refractivity contribution in [2.75, 3.05) is 20.2 Å². The van der Waals surface area contributed by atoms with Crippen LogP contribution < -0.4 is 5.32 Å². The average Bonchev–Trinajstić information content (AvgIpc) is 2.48. The van der Waals surface area contributed by atoms with Crippen LogP contribution in [0.15, 0.2) is 24.3 Å². The zero-order valence-corrected chi connectivity index (χ0v) is 12.8. The second-order valence-corrected chi connectivity index (χ2v) is 6.72. The first-order valence-electron chi connectivity index (χ1n) is 8.04. The normalized spacial score (nSPS) is 34.3. The van der Waals surface area contributed by atoms with Crippen LogP contribution in [0.25, 0.3) is 0 Å². The molecule has 1 saturated heterocycles. The van der Waals surface area contributed by atoms with E-state index in [0.717, 1.165) is 6.54 Å². The molecule has 20 heavy (non-hydrogen) atoms. The van der Waals surface area contributed by atoms with Gasteiger partial charge in [-0.1, -0.05) is 29.8 Å². The summed E-state index contributed by atoms with van der Waals surface area (Å²) in [7, 11) is 1.86. The first kappa shape index (κ1) is 14.1. The van der Waals surface area contributed by atoms with E-state index in [2.05, 4.69) is 36.5 Å². The van der Waals surface area contributed by atoms with E-state index in [4.69, 9.17) is 4.74 Å². The molecule has 1 atom stereocenters. The number of benzene rings is 1. The summed E-state index contributed by atoms with van der Waals surface area (Å²) in [5.41, 5.74) is 3.43. The van der Waals surface area contributed by atoms with Gasteiger partial charge in [0, 0.05) is 19.6 Å². The van der Waals surface area contributed by atoms with E-state index in [9.17, 15) is 0 Å². The predicted octanol–water partition coefficient (Wildman–Crippen LogP) is 3.65. The van der Waals surface area contributed by atoms with E-state index >= 15 is 0 Å². The summed E-state index contributed by atoms with van der Waals surface area (Å²) in [4.78, 5) is 0. The minimum atomic E-state index is 0.494. The Kier molecular flexibility index (Phi) is 4.13. The fraction of sp³-hybridized carbons (Fsp3) is 0.667. The summed E-state index contributed by atoms with van der Waals surface area (Å²) < 4.78 is 5.57. The molecule has 2 fully saturated rings. The molecular weight excluding hydrogens is 246 g/mol. The van der Waals surface area contributed by atoms with Gasteiger partial charge < -0.3 is 10.1 Å². The van der Waals surface area contributed by atoms with Gasteiger partial charge in [0.2, 0.25) is 0 Å². The van der Waals surface area contributed by atoms with E-state index in [1.165, 1.54) is 49.8 Å². The van der Waals surface area contributed by atoms with Gasteiger partial charge in [-0.2, -0.15) is 0 Å². The lowest BCUT2D eigenvalue weighted by Crippen LogP contribution is -2.46. The highest BCUT2D eigenvalue weighted by Crippen LogP contribution is 2.51. The molecule has 1 N–H and O–H groups in total. The van der Waals surface area contributed by atoms with Crippen LogP contribution in [0.4, 0.5) is 0 Å². The summed E-state index contributed by atoms with van der Waals surface area (Å²) in [6.07, 6.45) is 6.94. The molecule has 2 aliphatic rings. The molecule has 0 aromatic heterocycles. The molecule has 1 aliphatic carbocycles. The van der Waals surface area contributed by atoms with Crippen molar-refractivity contribution in [1.29, 1.82) is 0 Å². The van der Waals surface area contributed by atoms with E-state index in [-0.39, 0.29) is 0 Å². The van der Waals surface area contributed by atoms with Crippen molar-refractivity contribution in [2.24, 2.45) is 5.41 Å². The number of aryl methyl sites for hydroxylation is 1. The van der Waals surface area contributed by atoms with E-state index < -0.39 is 0 Å². The standard InChI is InChI=1S/C18H27NO/c1-14-4-3-5-15(12-14)17-13-19-11-10-18(17)8-6-16(20-2)7-9-18/h3-5,12,16-17,19H,6-11,13H2,1-2H3. The fourth-order valence-electron chi connectivity index (χ4n) is 4.33. The summed E-state index contributed by atoms with van der Waals surface area (Å²) in [6, 6.07) is 9.14. The van der Waals surface area contributed by atoms with Crippen LogP contribution in [0.1, 0.15) is 49.1 Å². The lowest BCUT2D eigenvalue weighted by Gasteiger charge is -2.49. The molecule has 2 heteroatoms. The maximum Gasteiger partial charge on any atom is 0.0571 e. The molecular formula is C18H27NO. The Hall–Kier alpha value is -0.860. The van der Waals surface area contributed by atoms with Gasteiger partial charge in [0.05, 0.1) is 6.10 Å². The van der Waals surface area contributed by atoms with Crippen LogP contribution >= 0.6 is 0 Å². The zero-order chi connectivity index (χ0) is 14.0. The van der Waals surface area contributed by atoms with E-state index in [0.29, 0.717) is 17.4 Å². The molecule has 1 aliphatic heterocycles. The molecule has 1 aromatic carbocycles. The Balaban J connectivity index is 1.84. The number of ether oxygens (including phenoxy) is 1. The number of rotatable bonds is 2.